The van der Waals surface area contributed by atoms with Crippen LogP contribution >= 0.6 is 0 Å². The lowest BCUT2D eigenvalue weighted by Gasteiger charge is -2.12. The molecule has 1 atom stereocenters. The number of anilines is 1. The third kappa shape index (κ3) is 2.09. The van der Waals surface area contributed by atoms with Crippen molar-refractivity contribution in [1.82, 2.24) is 0 Å². The van der Waals surface area contributed by atoms with E-state index in [2.05, 4.69) is 0 Å². The molecule has 18 heavy (non-hydrogen) atoms. The van der Waals surface area contributed by atoms with Crippen LogP contribution in [-0.2, 0) is 11.2 Å². The van der Waals surface area contributed by atoms with Crippen molar-refractivity contribution >= 4 is 17.4 Å². The first-order chi connectivity index (χ1) is 8.54. The van der Waals surface area contributed by atoms with Gasteiger partial charge in [-0.2, -0.15) is 0 Å². The number of ketones is 1. The number of hydrogen-bond donors (Lipinski definition) is 2. The van der Waals surface area contributed by atoms with Gasteiger partial charge in [-0.05, 0) is 24.5 Å². The normalized spacial score (nSPS) is 15.3. The van der Waals surface area contributed by atoms with Gasteiger partial charge in [-0.15, -0.1) is 0 Å². The Kier molecular flexibility index (Phi) is 3.34. The minimum Gasteiger partial charge on any atom is -0.422 e. The number of carbonyl (C=O) groups excluding carboxylic acids is 2. The van der Waals surface area contributed by atoms with Gasteiger partial charge in [-0.1, -0.05) is 13.0 Å². The second kappa shape index (κ2) is 4.78. The molecule has 1 aliphatic rings. The Morgan fingerprint density at radius 1 is 1.50 bits per heavy atom. The first-order valence-corrected chi connectivity index (χ1v) is 5.89. The molecule has 1 unspecified atom stereocenters. The Morgan fingerprint density at radius 3 is 2.89 bits per heavy atom. The Hall–Kier alpha value is -1.88. The average Bonchev–Trinajstić information content (AvgIpc) is 2.74. The van der Waals surface area contributed by atoms with Crippen LogP contribution < -0.4 is 10.5 Å². The number of carbonyl (C=O) groups is 2. The van der Waals surface area contributed by atoms with Gasteiger partial charge in [0, 0.05) is 12.0 Å². The van der Waals surface area contributed by atoms with E-state index < -0.39 is 12.1 Å². The molecule has 0 fully saturated rings. The molecule has 0 saturated heterocycles. The molecular weight excluding hydrogens is 234 g/mol. The Bertz CT molecular complexity index is 510. The monoisotopic (exact) mass is 249 g/mol. The summed E-state index contributed by atoms with van der Waals surface area (Å²) in [5.74, 6) is -0.646. The number of nitrogens with two attached hydrogens (primary N) is 1. The highest BCUT2D eigenvalue weighted by Crippen LogP contribution is 2.34. The minimum atomic E-state index is -1.17. The molecule has 0 heterocycles. The van der Waals surface area contributed by atoms with E-state index in [1.165, 1.54) is 0 Å². The molecule has 0 radical (unpaired) electrons. The summed E-state index contributed by atoms with van der Waals surface area (Å²) in [5.41, 5.74) is 7.36. The summed E-state index contributed by atoms with van der Waals surface area (Å²) in [4.78, 5) is 23.1. The fourth-order valence-corrected chi connectivity index (χ4v) is 1.99. The Labute approximate surface area is 105 Å². The molecular formula is C13H15NO4. The number of nitrogen functional groups attached to an aromatic ring is 1. The van der Waals surface area contributed by atoms with Crippen molar-refractivity contribution in [2.45, 2.75) is 32.3 Å². The Morgan fingerprint density at radius 2 is 2.22 bits per heavy atom. The molecule has 1 aromatic carbocycles. The van der Waals surface area contributed by atoms with Crippen LogP contribution in [0.2, 0.25) is 0 Å². The van der Waals surface area contributed by atoms with E-state index in [-0.39, 0.29) is 23.6 Å². The van der Waals surface area contributed by atoms with E-state index >= 15 is 0 Å². The molecule has 0 amide bonds. The van der Waals surface area contributed by atoms with Gasteiger partial charge in [0.15, 0.2) is 17.6 Å². The van der Waals surface area contributed by atoms with Crippen molar-refractivity contribution in [3.05, 3.63) is 23.3 Å². The van der Waals surface area contributed by atoms with E-state index in [1.54, 1.807) is 19.1 Å². The lowest BCUT2D eigenvalue weighted by atomic mass is 10.1. The van der Waals surface area contributed by atoms with E-state index in [9.17, 15) is 14.7 Å². The molecule has 0 saturated carbocycles. The summed E-state index contributed by atoms with van der Waals surface area (Å²) in [6.45, 7) is 1.67. The van der Waals surface area contributed by atoms with Crippen LogP contribution in [0, 0.1) is 0 Å². The summed E-state index contributed by atoms with van der Waals surface area (Å²) in [6, 6.07) is 3.30. The number of ether oxygens (including phenoxy) is 1. The second-order valence-electron chi connectivity index (χ2n) is 4.28. The number of fused-ring (bicyclic) bond motifs is 1. The van der Waals surface area contributed by atoms with Gasteiger partial charge >= 0.3 is 5.97 Å². The van der Waals surface area contributed by atoms with Gasteiger partial charge in [0.2, 0.25) is 0 Å². The van der Waals surface area contributed by atoms with Gasteiger partial charge < -0.3 is 15.6 Å². The highest BCUT2D eigenvalue weighted by molar-refractivity contribution is 6.06. The molecule has 1 aliphatic carbocycles. The highest BCUT2D eigenvalue weighted by atomic mass is 16.5. The van der Waals surface area contributed by atoms with Crippen molar-refractivity contribution in [2.75, 3.05) is 5.73 Å². The smallest absolute Gasteiger partial charge is 0.340 e. The number of aliphatic hydroxyl groups is 1. The van der Waals surface area contributed by atoms with Gasteiger partial charge in [-0.25, -0.2) is 4.79 Å². The molecule has 3 N–H and O–H groups in total. The zero-order chi connectivity index (χ0) is 13.3. The lowest BCUT2D eigenvalue weighted by molar-refractivity contribution is -0.143. The SMILES string of the molecule is CCC(O)C(=O)Oc1ccc2c(c1N)C(=O)CC2. The van der Waals surface area contributed by atoms with Crippen LogP contribution in [-0.4, -0.2) is 23.0 Å². The highest BCUT2D eigenvalue weighted by Gasteiger charge is 2.25. The largest absolute Gasteiger partial charge is 0.422 e. The predicted octanol–water partition coefficient (Wildman–Crippen LogP) is 1.07. The maximum absolute atomic E-state index is 11.6. The summed E-state index contributed by atoms with van der Waals surface area (Å²) >= 11 is 0. The van der Waals surface area contributed by atoms with Crippen molar-refractivity contribution in [3.8, 4) is 5.75 Å². The van der Waals surface area contributed by atoms with Gasteiger partial charge in [0.1, 0.15) is 0 Å². The molecule has 0 spiro atoms. The molecule has 0 bridgehead atoms. The topological polar surface area (TPSA) is 89.6 Å². The van der Waals surface area contributed by atoms with Gasteiger partial charge in [0.25, 0.3) is 0 Å². The van der Waals surface area contributed by atoms with E-state index in [1.807, 2.05) is 0 Å². The van der Waals surface area contributed by atoms with E-state index in [0.29, 0.717) is 18.4 Å². The van der Waals surface area contributed by atoms with Gasteiger partial charge in [0.05, 0.1) is 5.69 Å². The van der Waals surface area contributed by atoms with Gasteiger partial charge in [-0.3, -0.25) is 4.79 Å². The molecule has 1 aromatic rings. The average molecular weight is 249 g/mol. The molecule has 0 aliphatic heterocycles. The van der Waals surface area contributed by atoms with E-state index in [0.717, 1.165) is 5.56 Å². The first-order valence-electron chi connectivity index (χ1n) is 5.89. The molecule has 5 nitrogen and oxygen atoms in total. The maximum atomic E-state index is 11.6. The summed E-state index contributed by atoms with van der Waals surface area (Å²) < 4.78 is 5.01. The van der Waals surface area contributed by atoms with Crippen LogP contribution in [0.3, 0.4) is 0 Å². The predicted molar refractivity (Wildman–Crippen MR) is 65.4 cm³/mol. The number of benzene rings is 1. The third-order valence-corrected chi connectivity index (χ3v) is 3.06. The number of aryl methyl sites for hydroxylation is 1. The van der Waals surface area contributed by atoms with Crippen molar-refractivity contribution < 1.29 is 19.4 Å². The summed E-state index contributed by atoms with van der Waals surface area (Å²) in [5, 5.41) is 9.34. The van der Waals surface area contributed by atoms with Crippen LogP contribution in [0.15, 0.2) is 12.1 Å². The van der Waals surface area contributed by atoms with Crippen LogP contribution in [0.1, 0.15) is 35.7 Å². The zero-order valence-corrected chi connectivity index (χ0v) is 10.1. The lowest BCUT2D eigenvalue weighted by Crippen LogP contribution is -2.25. The summed E-state index contributed by atoms with van der Waals surface area (Å²) in [7, 11) is 0. The minimum absolute atomic E-state index is 0.0311. The number of aliphatic hydroxyl groups excluding tert-OH is 1. The fourth-order valence-electron chi connectivity index (χ4n) is 1.99. The van der Waals surface area contributed by atoms with E-state index in [4.69, 9.17) is 10.5 Å². The van der Waals surface area contributed by atoms with Crippen molar-refractivity contribution in [3.63, 3.8) is 0 Å². The van der Waals surface area contributed by atoms with Crippen LogP contribution in [0.25, 0.3) is 0 Å². The van der Waals surface area contributed by atoms with Crippen molar-refractivity contribution in [2.24, 2.45) is 0 Å². The molecule has 0 aromatic heterocycles. The molecule has 2 rings (SSSR count). The van der Waals surface area contributed by atoms with Crippen LogP contribution in [0.5, 0.6) is 5.75 Å². The maximum Gasteiger partial charge on any atom is 0.340 e. The third-order valence-electron chi connectivity index (χ3n) is 3.06. The zero-order valence-electron chi connectivity index (χ0n) is 10.1. The number of rotatable bonds is 3. The number of esters is 1. The molecule has 96 valence electrons. The Balaban J connectivity index is 2.28. The standard InChI is InChI=1S/C13H15NO4/c1-2-8(15)13(17)18-10-6-4-7-3-5-9(16)11(7)12(10)14/h4,6,8,15H,2-3,5,14H2,1H3. The number of hydrogen-bond acceptors (Lipinski definition) is 5. The number of Topliss-reactive ketones (excluding diaryl/α,β-unsaturated/α-hetero) is 1. The fraction of sp³-hybridized carbons (Fsp3) is 0.385. The van der Waals surface area contributed by atoms with Crippen molar-refractivity contribution in [1.29, 1.82) is 0 Å². The van der Waals surface area contributed by atoms with Crippen LogP contribution in [0.4, 0.5) is 5.69 Å². The summed E-state index contributed by atoms with van der Waals surface area (Å²) in [6.07, 6.45) is 0.203. The molecule has 5 heteroatoms. The second-order valence-corrected chi connectivity index (χ2v) is 4.28. The quantitative estimate of drug-likeness (QED) is 0.475. The first kappa shape index (κ1) is 12.6.